The molecule has 2 aromatic carbocycles. The van der Waals surface area contributed by atoms with Gasteiger partial charge in [0.05, 0.1) is 17.1 Å². The zero-order valence-electron chi connectivity index (χ0n) is 18.4. The second-order valence-electron chi connectivity index (χ2n) is 7.97. The van der Waals surface area contributed by atoms with Gasteiger partial charge in [0.2, 0.25) is 5.91 Å². The predicted molar refractivity (Wildman–Crippen MR) is 129 cm³/mol. The SMILES string of the molecule is Nc1ncnc2cc(CN3CCN(COCC(=O)/C=C/c4ccc(O)c(Cl)c4)CC3=O)ccc12. The maximum absolute atomic E-state index is 12.6. The van der Waals surface area contributed by atoms with Crippen LogP contribution in [0, 0.1) is 0 Å². The second kappa shape index (κ2) is 10.6. The highest BCUT2D eigenvalue weighted by molar-refractivity contribution is 6.32. The summed E-state index contributed by atoms with van der Waals surface area (Å²) in [6, 6.07) is 10.4. The molecule has 0 unspecified atom stereocenters. The first-order valence-corrected chi connectivity index (χ1v) is 11.0. The molecule has 0 saturated carbocycles. The average molecular weight is 482 g/mol. The fraction of sp³-hybridized carbons (Fsp3) is 0.250. The van der Waals surface area contributed by atoms with Gasteiger partial charge < -0.3 is 20.5 Å². The van der Waals surface area contributed by atoms with Gasteiger partial charge in [-0.2, -0.15) is 0 Å². The van der Waals surface area contributed by atoms with E-state index in [1.165, 1.54) is 18.5 Å². The highest BCUT2D eigenvalue weighted by Crippen LogP contribution is 2.24. The van der Waals surface area contributed by atoms with Crippen LogP contribution in [0.2, 0.25) is 5.02 Å². The highest BCUT2D eigenvalue weighted by atomic mass is 35.5. The maximum atomic E-state index is 12.6. The molecule has 1 aliphatic heterocycles. The number of rotatable bonds is 8. The summed E-state index contributed by atoms with van der Waals surface area (Å²) in [6.45, 7) is 2.00. The lowest BCUT2D eigenvalue weighted by Gasteiger charge is -2.34. The molecule has 2 heterocycles. The number of nitrogens with two attached hydrogens (primary N) is 1. The largest absolute Gasteiger partial charge is 0.506 e. The molecule has 1 aliphatic rings. The molecule has 1 amide bonds. The fourth-order valence-electron chi connectivity index (χ4n) is 3.62. The summed E-state index contributed by atoms with van der Waals surface area (Å²) in [7, 11) is 0. The molecule has 0 bridgehead atoms. The molecule has 34 heavy (non-hydrogen) atoms. The van der Waals surface area contributed by atoms with E-state index in [4.69, 9.17) is 22.1 Å². The summed E-state index contributed by atoms with van der Waals surface area (Å²) in [5.41, 5.74) is 8.28. The number of phenols is 1. The lowest BCUT2D eigenvalue weighted by atomic mass is 10.1. The Kier molecular flexibility index (Phi) is 7.36. The number of ether oxygens (including phenoxy) is 1. The van der Waals surface area contributed by atoms with Gasteiger partial charge in [0.25, 0.3) is 0 Å². The van der Waals surface area contributed by atoms with Gasteiger partial charge in [-0.15, -0.1) is 0 Å². The van der Waals surface area contributed by atoms with Gasteiger partial charge in [-0.25, -0.2) is 9.97 Å². The Morgan fingerprint density at radius 1 is 1.21 bits per heavy atom. The van der Waals surface area contributed by atoms with Gasteiger partial charge >= 0.3 is 0 Å². The standard InChI is InChI=1S/C24H24ClN5O4/c25-20-9-16(3-6-22(20)32)1-4-18(31)13-34-15-29-7-8-30(23(33)12-29)11-17-2-5-19-21(10-17)27-14-28-24(19)26/h1-6,9-10,14,32H,7-8,11-13,15H2,(H2,26,27,28)/b4-1+. The van der Waals surface area contributed by atoms with E-state index in [9.17, 15) is 14.7 Å². The van der Waals surface area contributed by atoms with E-state index < -0.39 is 0 Å². The van der Waals surface area contributed by atoms with E-state index in [-0.39, 0.29) is 42.3 Å². The predicted octanol–water partition coefficient (Wildman–Crippen LogP) is 2.47. The molecule has 3 N–H and O–H groups in total. The quantitative estimate of drug-likeness (QED) is 0.470. The number of ketones is 1. The van der Waals surface area contributed by atoms with Crippen molar-refractivity contribution in [3.8, 4) is 5.75 Å². The van der Waals surface area contributed by atoms with E-state index in [2.05, 4.69) is 9.97 Å². The van der Waals surface area contributed by atoms with Gasteiger partial charge in [-0.3, -0.25) is 14.5 Å². The molecule has 0 radical (unpaired) electrons. The minimum absolute atomic E-state index is 0.00687. The van der Waals surface area contributed by atoms with Crippen LogP contribution in [0.25, 0.3) is 17.0 Å². The lowest BCUT2D eigenvalue weighted by Crippen LogP contribution is -2.50. The van der Waals surface area contributed by atoms with Gasteiger partial charge in [0.15, 0.2) is 5.78 Å². The third-order valence-corrected chi connectivity index (χ3v) is 5.76. The number of hydrogen-bond donors (Lipinski definition) is 2. The number of fused-ring (bicyclic) bond motifs is 1. The fourth-order valence-corrected chi connectivity index (χ4v) is 3.81. The van der Waals surface area contributed by atoms with E-state index in [0.717, 1.165) is 16.5 Å². The Morgan fingerprint density at radius 3 is 2.85 bits per heavy atom. The molecule has 3 aromatic rings. The van der Waals surface area contributed by atoms with E-state index >= 15 is 0 Å². The number of carbonyl (C=O) groups excluding carboxylic acids is 2. The van der Waals surface area contributed by atoms with Gasteiger partial charge in [0, 0.05) is 25.0 Å². The van der Waals surface area contributed by atoms with Crippen LogP contribution in [0.3, 0.4) is 0 Å². The molecule has 0 spiro atoms. The molecule has 1 aromatic heterocycles. The van der Waals surface area contributed by atoms with Crippen molar-refractivity contribution in [3.63, 3.8) is 0 Å². The minimum Gasteiger partial charge on any atom is -0.506 e. The number of carbonyl (C=O) groups is 2. The summed E-state index contributed by atoms with van der Waals surface area (Å²) in [4.78, 5) is 36.5. The number of nitrogen functional groups attached to an aromatic ring is 1. The van der Waals surface area contributed by atoms with Crippen molar-refractivity contribution in [1.29, 1.82) is 0 Å². The van der Waals surface area contributed by atoms with E-state index in [1.807, 2.05) is 23.1 Å². The summed E-state index contributed by atoms with van der Waals surface area (Å²) in [5.74, 6) is 0.197. The minimum atomic E-state index is -0.213. The van der Waals surface area contributed by atoms with Gasteiger partial charge in [-0.1, -0.05) is 29.8 Å². The molecule has 10 heteroatoms. The van der Waals surface area contributed by atoms with Crippen LogP contribution >= 0.6 is 11.6 Å². The average Bonchev–Trinajstić information content (AvgIpc) is 2.82. The zero-order chi connectivity index (χ0) is 24.1. The number of aromatic hydroxyl groups is 1. The van der Waals surface area contributed by atoms with Crippen LogP contribution in [-0.2, 0) is 20.9 Å². The Labute approximate surface area is 201 Å². The molecular formula is C24H24ClN5O4. The number of phenolic OH excluding ortho intramolecular Hbond substituents is 1. The molecule has 176 valence electrons. The van der Waals surface area contributed by atoms with Crippen molar-refractivity contribution in [2.45, 2.75) is 6.54 Å². The van der Waals surface area contributed by atoms with Crippen molar-refractivity contribution in [2.24, 2.45) is 0 Å². The highest BCUT2D eigenvalue weighted by Gasteiger charge is 2.24. The number of amides is 1. The third-order valence-electron chi connectivity index (χ3n) is 5.45. The van der Waals surface area contributed by atoms with Crippen molar-refractivity contribution < 1.29 is 19.4 Å². The first-order chi connectivity index (χ1) is 16.4. The smallest absolute Gasteiger partial charge is 0.237 e. The Morgan fingerprint density at radius 2 is 2.06 bits per heavy atom. The van der Waals surface area contributed by atoms with Gasteiger partial charge in [0.1, 0.15) is 31.2 Å². The number of anilines is 1. The summed E-state index contributed by atoms with van der Waals surface area (Å²) < 4.78 is 5.49. The van der Waals surface area contributed by atoms with Crippen LogP contribution in [0.1, 0.15) is 11.1 Å². The Bertz CT molecular complexity index is 1250. The van der Waals surface area contributed by atoms with Crippen molar-refractivity contribution in [1.82, 2.24) is 19.8 Å². The zero-order valence-corrected chi connectivity index (χ0v) is 19.1. The summed E-state index contributed by atoms with van der Waals surface area (Å²) in [6.07, 6.45) is 4.43. The van der Waals surface area contributed by atoms with Crippen LogP contribution in [0.5, 0.6) is 5.75 Å². The lowest BCUT2D eigenvalue weighted by molar-refractivity contribution is -0.139. The number of benzene rings is 2. The Hall–Kier alpha value is -3.53. The van der Waals surface area contributed by atoms with Gasteiger partial charge in [-0.05, 0) is 41.5 Å². The number of hydrogen-bond acceptors (Lipinski definition) is 8. The Balaban J connectivity index is 1.22. The summed E-state index contributed by atoms with van der Waals surface area (Å²) in [5, 5.41) is 10.4. The van der Waals surface area contributed by atoms with Crippen LogP contribution < -0.4 is 5.73 Å². The number of nitrogens with zero attached hydrogens (tertiary/aromatic N) is 4. The molecule has 1 fully saturated rings. The summed E-state index contributed by atoms with van der Waals surface area (Å²) >= 11 is 5.86. The topological polar surface area (TPSA) is 122 Å². The molecular weight excluding hydrogens is 458 g/mol. The van der Waals surface area contributed by atoms with E-state index in [0.29, 0.717) is 31.0 Å². The number of halogens is 1. The molecule has 4 rings (SSSR count). The van der Waals surface area contributed by atoms with Crippen LogP contribution in [0.4, 0.5) is 5.82 Å². The van der Waals surface area contributed by atoms with E-state index in [1.54, 1.807) is 23.1 Å². The first-order valence-electron chi connectivity index (χ1n) is 10.7. The first kappa shape index (κ1) is 23.6. The third kappa shape index (κ3) is 5.88. The molecule has 0 atom stereocenters. The normalized spacial score (nSPS) is 14.9. The molecule has 9 nitrogen and oxygen atoms in total. The van der Waals surface area contributed by atoms with Crippen LogP contribution in [-0.4, -0.2) is 69.5 Å². The monoisotopic (exact) mass is 481 g/mol. The number of aromatic nitrogens is 2. The maximum Gasteiger partial charge on any atom is 0.237 e. The van der Waals surface area contributed by atoms with Crippen LogP contribution in [0.15, 0.2) is 48.8 Å². The second-order valence-corrected chi connectivity index (χ2v) is 8.37. The molecule has 1 saturated heterocycles. The van der Waals surface area contributed by atoms with Crippen molar-refractivity contribution in [2.75, 3.05) is 38.7 Å². The number of piperazine rings is 1. The molecule has 0 aliphatic carbocycles. The van der Waals surface area contributed by atoms with Crippen molar-refractivity contribution >= 4 is 46.1 Å². The van der Waals surface area contributed by atoms with Crippen molar-refractivity contribution in [3.05, 3.63) is 65.0 Å².